The molecule has 0 saturated carbocycles. The molecule has 3 aliphatic carbocycles. The van der Waals surface area contributed by atoms with E-state index in [4.69, 9.17) is 0 Å². The highest BCUT2D eigenvalue weighted by atomic mass is 15.1. The van der Waals surface area contributed by atoms with Gasteiger partial charge in [0.2, 0.25) is 0 Å². The van der Waals surface area contributed by atoms with Gasteiger partial charge < -0.3 is 4.90 Å². The molecular formula is C68H45N. The number of nitrogens with zero attached hydrogens (tertiary/aromatic N) is 1. The predicted molar refractivity (Wildman–Crippen MR) is 286 cm³/mol. The van der Waals surface area contributed by atoms with Crippen LogP contribution >= 0.6 is 0 Å². The van der Waals surface area contributed by atoms with Gasteiger partial charge in [-0.3, -0.25) is 0 Å². The minimum atomic E-state index is -0.544. The molecule has 0 aromatic heterocycles. The van der Waals surface area contributed by atoms with Crippen LogP contribution in [0, 0.1) is 0 Å². The molecular weight excluding hydrogens is 831 g/mol. The molecule has 0 saturated heterocycles. The summed E-state index contributed by atoms with van der Waals surface area (Å²) in [5.74, 6) is 0. The maximum absolute atomic E-state index is 2.52. The van der Waals surface area contributed by atoms with Crippen LogP contribution in [-0.2, 0) is 10.8 Å². The van der Waals surface area contributed by atoms with E-state index in [1.807, 2.05) is 0 Å². The minimum absolute atomic E-state index is 0.514. The first-order chi connectivity index (χ1) is 34.3. The van der Waals surface area contributed by atoms with Gasteiger partial charge in [0, 0.05) is 16.9 Å². The Hall–Kier alpha value is -8.78. The van der Waals surface area contributed by atoms with Crippen LogP contribution in [0.15, 0.2) is 273 Å². The molecule has 0 amide bonds. The zero-order valence-corrected chi connectivity index (χ0v) is 37.9. The van der Waals surface area contributed by atoms with Gasteiger partial charge in [-0.05, 0) is 125 Å². The van der Waals surface area contributed by atoms with Gasteiger partial charge in [-0.15, -0.1) is 0 Å². The van der Waals surface area contributed by atoms with E-state index in [1.54, 1.807) is 0 Å². The molecule has 0 N–H and O–H groups in total. The standard InChI is InChI=1S/C68H45N/c1-5-22-46(23-6-1)52-30-16-20-39-65(52)69(51-40-42-57-54-31-13-17-36-60(54)67(64(57)45-51,48-26-9-3-10-27-48)49-28-11-4-12-29-49)50-41-43-63-59(44-50)56-33-15-19-38-62(56)68(63)61-37-18-14-32-55(61)58-35-21-34-53(66(58)68)47-24-7-2-8-25-47/h1-45H. The number of hydrogen-bond donors (Lipinski definition) is 0. The van der Waals surface area contributed by atoms with Crippen molar-refractivity contribution in [1.82, 2.24) is 0 Å². The van der Waals surface area contributed by atoms with Crippen LogP contribution in [0.2, 0.25) is 0 Å². The SMILES string of the molecule is c1ccc(-c2ccccc2N(c2ccc3c(c2)-c2ccccc2C32c3ccccc3-c3cccc(-c4ccccc4)c32)c2ccc3c(c2)C(c2ccccc2)(c2ccccc2)c2ccccc2-3)cc1. The third-order valence-corrected chi connectivity index (χ3v) is 15.4. The lowest BCUT2D eigenvalue weighted by Crippen LogP contribution is -2.28. The van der Waals surface area contributed by atoms with Gasteiger partial charge in [0.05, 0.1) is 16.5 Å². The second-order valence-corrected chi connectivity index (χ2v) is 18.6. The second kappa shape index (κ2) is 15.4. The monoisotopic (exact) mass is 875 g/mol. The molecule has 3 aliphatic rings. The van der Waals surface area contributed by atoms with E-state index in [9.17, 15) is 0 Å². The molecule has 69 heavy (non-hydrogen) atoms. The van der Waals surface area contributed by atoms with Crippen LogP contribution in [-0.4, -0.2) is 0 Å². The van der Waals surface area contributed by atoms with Gasteiger partial charge in [-0.25, -0.2) is 0 Å². The molecule has 322 valence electrons. The van der Waals surface area contributed by atoms with Crippen molar-refractivity contribution in [2.45, 2.75) is 10.8 Å². The number of benzene rings is 11. The molecule has 0 heterocycles. The molecule has 1 heteroatoms. The second-order valence-electron chi connectivity index (χ2n) is 18.6. The normalized spacial score (nSPS) is 15.1. The van der Waals surface area contributed by atoms with Gasteiger partial charge >= 0.3 is 0 Å². The van der Waals surface area contributed by atoms with E-state index < -0.39 is 10.8 Å². The van der Waals surface area contributed by atoms with Crippen LogP contribution < -0.4 is 4.90 Å². The average molecular weight is 876 g/mol. The first-order valence-corrected chi connectivity index (χ1v) is 24.1. The molecule has 0 aliphatic heterocycles. The summed E-state index contributed by atoms with van der Waals surface area (Å²) in [6.07, 6.45) is 0. The van der Waals surface area contributed by atoms with Gasteiger partial charge in [0.25, 0.3) is 0 Å². The lowest BCUT2D eigenvalue weighted by atomic mass is 9.67. The van der Waals surface area contributed by atoms with Crippen molar-refractivity contribution in [2.75, 3.05) is 4.90 Å². The molecule has 1 atom stereocenters. The van der Waals surface area contributed by atoms with Crippen molar-refractivity contribution in [3.05, 3.63) is 317 Å². The van der Waals surface area contributed by atoms with Crippen molar-refractivity contribution in [3.8, 4) is 55.6 Å². The van der Waals surface area contributed by atoms with E-state index in [0.29, 0.717) is 0 Å². The Balaban J connectivity index is 1.05. The van der Waals surface area contributed by atoms with E-state index in [-0.39, 0.29) is 0 Å². The van der Waals surface area contributed by atoms with Gasteiger partial charge in [0.1, 0.15) is 0 Å². The lowest BCUT2D eigenvalue weighted by Gasteiger charge is -2.35. The Morgan fingerprint density at radius 2 is 0.638 bits per heavy atom. The molecule has 0 bridgehead atoms. The van der Waals surface area contributed by atoms with Crippen LogP contribution in [0.3, 0.4) is 0 Å². The van der Waals surface area contributed by atoms with E-state index in [1.165, 1.54) is 100 Å². The summed E-state index contributed by atoms with van der Waals surface area (Å²) in [5, 5.41) is 0. The highest BCUT2D eigenvalue weighted by Crippen LogP contribution is 2.65. The number of rotatable bonds is 7. The van der Waals surface area contributed by atoms with Gasteiger partial charge in [0.15, 0.2) is 0 Å². The smallest absolute Gasteiger partial charge is 0.0731 e. The number of anilines is 3. The third kappa shape index (κ3) is 5.53. The number of hydrogen-bond acceptors (Lipinski definition) is 1. The maximum atomic E-state index is 2.52. The van der Waals surface area contributed by atoms with Crippen molar-refractivity contribution >= 4 is 17.1 Å². The highest BCUT2D eigenvalue weighted by Gasteiger charge is 2.53. The topological polar surface area (TPSA) is 3.24 Å². The zero-order valence-electron chi connectivity index (χ0n) is 37.9. The Morgan fingerprint density at radius 3 is 1.26 bits per heavy atom. The lowest BCUT2D eigenvalue weighted by molar-refractivity contribution is 0.768. The van der Waals surface area contributed by atoms with Crippen LogP contribution in [0.5, 0.6) is 0 Å². The zero-order chi connectivity index (χ0) is 45.5. The summed E-state index contributed by atoms with van der Waals surface area (Å²) >= 11 is 0. The van der Waals surface area contributed by atoms with E-state index >= 15 is 0 Å². The first-order valence-electron chi connectivity index (χ1n) is 24.1. The molecule has 0 radical (unpaired) electrons. The molecule has 1 spiro atoms. The third-order valence-electron chi connectivity index (χ3n) is 15.4. The first kappa shape index (κ1) is 39.4. The van der Waals surface area contributed by atoms with Crippen molar-refractivity contribution in [2.24, 2.45) is 0 Å². The molecule has 14 rings (SSSR count). The van der Waals surface area contributed by atoms with Crippen molar-refractivity contribution < 1.29 is 0 Å². The minimum Gasteiger partial charge on any atom is -0.310 e. The molecule has 0 fully saturated rings. The largest absolute Gasteiger partial charge is 0.310 e. The van der Waals surface area contributed by atoms with Crippen LogP contribution in [0.1, 0.15) is 44.5 Å². The van der Waals surface area contributed by atoms with Crippen molar-refractivity contribution in [3.63, 3.8) is 0 Å². The van der Waals surface area contributed by atoms with Gasteiger partial charge in [-0.1, -0.05) is 243 Å². The molecule has 1 unspecified atom stereocenters. The summed E-state index contributed by atoms with van der Waals surface area (Å²) in [5.41, 5.74) is 25.2. The fourth-order valence-electron chi connectivity index (χ4n) is 12.7. The molecule has 11 aromatic carbocycles. The number of fused-ring (bicyclic) bond motifs is 13. The maximum Gasteiger partial charge on any atom is 0.0731 e. The van der Waals surface area contributed by atoms with Crippen molar-refractivity contribution in [1.29, 1.82) is 0 Å². The summed E-state index contributed by atoms with van der Waals surface area (Å²) in [7, 11) is 0. The average Bonchev–Trinajstić information content (AvgIpc) is 4.02. The summed E-state index contributed by atoms with van der Waals surface area (Å²) in [6, 6.07) is 102. The summed E-state index contributed by atoms with van der Waals surface area (Å²) < 4.78 is 0. The molecule has 11 aromatic rings. The Morgan fingerprint density at radius 1 is 0.232 bits per heavy atom. The van der Waals surface area contributed by atoms with E-state index in [0.717, 1.165) is 17.1 Å². The summed E-state index contributed by atoms with van der Waals surface area (Å²) in [4.78, 5) is 2.52. The Kier molecular flexibility index (Phi) is 8.78. The highest BCUT2D eigenvalue weighted by molar-refractivity contribution is 6.00. The van der Waals surface area contributed by atoms with Crippen LogP contribution in [0.25, 0.3) is 55.6 Å². The number of para-hydroxylation sites is 1. The Labute approximate surface area is 403 Å². The fraction of sp³-hybridized carbons (Fsp3) is 0.0294. The van der Waals surface area contributed by atoms with E-state index in [2.05, 4.69) is 278 Å². The summed E-state index contributed by atoms with van der Waals surface area (Å²) in [6.45, 7) is 0. The van der Waals surface area contributed by atoms with Crippen LogP contribution in [0.4, 0.5) is 17.1 Å². The Bertz CT molecular complexity index is 3740. The quantitative estimate of drug-likeness (QED) is 0.154. The van der Waals surface area contributed by atoms with Gasteiger partial charge in [-0.2, -0.15) is 0 Å². The molecule has 1 nitrogen and oxygen atoms in total. The predicted octanol–water partition coefficient (Wildman–Crippen LogP) is 17.2. The fourth-order valence-corrected chi connectivity index (χ4v) is 12.7.